The Morgan fingerprint density at radius 1 is 1.19 bits per heavy atom. The summed E-state index contributed by atoms with van der Waals surface area (Å²) >= 11 is 0. The quantitative estimate of drug-likeness (QED) is 0.733. The highest BCUT2D eigenvalue weighted by atomic mass is 16.2. The predicted molar refractivity (Wildman–Crippen MR) is 99.7 cm³/mol. The number of hydrogen-bond donors (Lipinski definition) is 1. The Morgan fingerprint density at radius 2 is 2.00 bits per heavy atom. The molecule has 7 heteroatoms. The Balaban J connectivity index is 1.92. The molecule has 1 aromatic carbocycles. The van der Waals surface area contributed by atoms with Crippen molar-refractivity contribution in [2.75, 3.05) is 0 Å². The van der Waals surface area contributed by atoms with Crippen LogP contribution in [0.15, 0.2) is 46.1 Å². The van der Waals surface area contributed by atoms with Gasteiger partial charge in [-0.25, -0.2) is 14.5 Å². The van der Waals surface area contributed by atoms with E-state index in [9.17, 15) is 9.59 Å². The van der Waals surface area contributed by atoms with Crippen molar-refractivity contribution in [3.05, 3.63) is 74.6 Å². The van der Waals surface area contributed by atoms with Crippen molar-refractivity contribution < 1.29 is 0 Å². The minimum absolute atomic E-state index is 0.395. The Kier molecular flexibility index (Phi) is 5.16. The molecule has 7 nitrogen and oxygen atoms in total. The standard InChI is InChI=1S/C19H23N5O2/c1-13(2)11-16-20-17(7-9-23-10-8-18(25)21-19(23)26)24(22-16)15-6-4-5-14(3)12-15/h4-6,8,10,12-13H,7,9,11H2,1-3H3,(H,21,25,26). The van der Waals surface area contributed by atoms with Crippen LogP contribution in [0.1, 0.15) is 31.1 Å². The van der Waals surface area contributed by atoms with E-state index in [-0.39, 0.29) is 0 Å². The fourth-order valence-electron chi connectivity index (χ4n) is 2.81. The summed E-state index contributed by atoms with van der Waals surface area (Å²) < 4.78 is 3.32. The highest BCUT2D eigenvalue weighted by Crippen LogP contribution is 2.14. The Labute approximate surface area is 151 Å². The molecule has 0 aliphatic rings. The second kappa shape index (κ2) is 7.51. The van der Waals surface area contributed by atoms with Crippen LogP contribution in [0.2, 0.25) is 0 Å². The third-order valence-electron chi connectivity index (χ3n) is 4.03. The molecule has 2 aromatic heterocycles. The Morgan fingerprint density at radius 3 is 2.69 bits per heavy atom. The Hall–Kier alpha value is -2.96. The molecule has 0 saturated carbocycles. The second-order valence-corrected chi connectivity index (χ2v) is 6.85. The number of aryl methyl sites for hydroxylation is 3. The van der Waals surface area contributed by atoms with Crippen molar-refractivity contribution in [2.45, 2.75) is 40.2 Å². The lowest BCUT2D eigenvalue weighted by atomic mass is 10.1. The second-order valence-electron chi connectivity index (χ2n) is 6.85. The first kappa shape index (κ1) is 17.8. The van der Waals surface area contributed by atoms with Crippen LogP contribution in [0, 0.1) is 12.8 Å². The molecular weight excluding hydrogens is 330 g/mol. The summed E-state index contributed by atoms with van der Waals surface area (Å²) in [6.45, 7) is 6.72. The molecule has 3 rings (SSSR count). The summed E-state index contributed by atoms with van der Waals surface area (Å²) in [7, 11) is 0. The lowest BCUT2D eigenvalue weighted by Crippen LogP contribution is -2.29. The van der Waals surface area contributed by atoms with E-state index in [1.807, 2.05) is 29.8 Å². The van der Waals surface area contributed by atoms with E-state index >= 15 is 0 Å². The van der Waals surface area contributed by atoms with Gasteiger partial charge >= 0.3 is 5.69 Å². The first-order valence-corrected chi connectivity index (χ1v) is 8.74. The summed E-state index contributed by atoms with van der Waals surface area (Å²) in [4.78, 5) is 30.0. The molecule has 0 saturated heterocycles. The summed E-state index contributed by atoms with van der Waals surface area (Å²) in [5.74, 6) is 2.05. The molecule has 2 heterocycles. The number of benzene rings is 1. The molecule has 0 spiro atoms. The highest BCUT2D eigenvalue weighted by Gasteiger charge is 2.13. The number of aromatic amines is 1. The van der Waals surface area contributed by atoms with Crippen LogP contribution in [-0.2, 0) is 19.4 Å². The normalized spacial score (nSPS) is 11.2. The van der Waals surface area contributed by atoms with Gasteiger partial charge in [0.25, 0.3) is 5.56 Å². The SMILES string of the molecule is Cc1cccc(-n2nc(CC(C)C)nc2CCn2ccc(=O)[nH]c2=O)c1. The van der Waals surface area contributed by atoms with Crippen molar-refractivity contribution in [2.24, 2.45) is 5.92 Å². The van der Waals surface area contributed by atoms with Gasteiger partial charge in [0.2, 0.25) is 0 Å². The summed E-state index contributed by atoms with van der Waals surface area (Å²) in [6.07, 6.45) is 2.83. The monoisotopic (exact) mass is 353 g/mol. The smallest absolute Gasteiger partial charge is 0.300 e. The van der Waals surface area contributed by atoms with Gasteiger partial charge in [-0.15, -0.1) is 0 Å². The molecule has 0 aliphatic carbocycles. The average molecular weight is 353 g/mol. The van der Waals surface area contributed by atoms with Gasteiger partial charge in [-0.05, 0) is 30.5 Å². The molecule has 1 N–H and O–H groups in total. The average Bonchev–Trinajstić information content (AvgIpc) is 2.96. The van der Waals surface area contributed by atoms with Gasteiger partial charge < -0.3 is 4.57 Å². The lowest BCUT2D eigenvalue weighted by Gasteiger charge is -2.08. The van der Waals surface area contributed by atoms with Crippen LogP contribution in [0.3, 0.4) is 0 Å². The van der Waals surface area contributed by atoms with Crippen molar-refractivity contribution in [3.8, 4) is 5.69 Å². The van der Waals surface area contributed by atoms with Crippen LogP contribution >= 0.6 is 0 Å². The molecule has 0 amide bonds. The van der Waals surface area contributed by atoms with Crippen LogP contribution in [0.4, 0.5) is 0 Å². The van der Waals surface area contributed by atoms with Crippen molar-refractivity contribution in [1.29, 1.82) is 0 Å². The molecule has 0 unspecified atom stereocenters. The van der Waals surface area contributed by atoms with Crippen LogP contribution in [0.25, 0.3) is 5.69 Å². The third-order valence-corrected chi connectivity index (χ3v) is 4.03. The fraction of sp³-hybridized carbons (Fsp3) is 0.368. The van der Waals surface area contributed by atoms with Crippen LogP contribution in [-0.4, -0.2) is 24.3 Å². The maximum Gasteiger partial charge on any atom is 0.328 e. The lowest BCUT2D eigenvalue weighted by molar-refractivity contribution is 0.616. The van der Waals surface area contributed by atoms with Gasteiger partial charge in [0, 0.05) is 31.6 Å². The third kappa shape index (κ3) is 4.17. The first-order valence-electron chi connectivity index (χ1n) is 8.74. The maximum absolute atomic E-state index is 11.9. The molecule has 0 radical (unpaired) electrons. The number of hydrogen-bond acceptors (Lipinski definition) is 4. The summed E-state index contributed by atoms with van der Waals surface area (Å²) in [6, 6.07) is 9.43. The molecule has 0 aliphatic heterocycles. The highest BCUT2D eigenvalue weighted by molar-refractivity contribution is 5.35. The zero-order chi connectivity index (χ0) is 18.7. The number of rotatable bonds is 6. The predicted octanol–water partition coefficient (Wildman–Crippen LogP) is 1.87. The molecule has 0 atom stereocenters. The summed E-state index contributed by atoms with van der Waals surface area (Å²) in [5, 5.41) is 4.67. The van der Waals surface area contributed by atoms with E-state index < -0.39 is 11.2 Å². The zero-order valence-corrected chi connectivity index (χ0v) is 15.3. The molecular formula is C19H23N5O2. The van der Waals surface area contributed by atoms with Gasteiger partial charge in [0.15, 0.2) is 5.82 Å². The molecule has 3 aromatic rings. The number of H-pyrrole nitrogens is 1. The van der Waals surface area contributed by atoms with E-state index in [0.717, 1.165) is 29.3 Å². The molecule has 26 heavy (non-hydrogen) atoms. The van der Waals surface area contributed by atoms with Crippen LogP contribution < -0.4 is 11.2 Å². The van der Waals surface area contributed by atoms with E-state index in [0.29, 0.717) is 18.9 Å². The van der Waals surface area contributed by atoms with Crippen molar-refractivity contribution >= 4 is 0 Å². The minimum Gasteiger partial charge on any atom is -0.300 e. The number of nitrogens with zero attached hydrogens (tertiary/aromatic N) is 4. The number of aromatic nitrogens is 5. The first-order chi connectivity index (χ1) is 12.4. The van der Waals surface area contributed by atoms with Gasteiger partial charge in [0.1, 0.15) is 5.82 Å². The van der Waals surface area contributed by atoms with E-state index in [1.54, 1.807) is 0 Å². The molecule has 0 fully saturated rings. The number of nitrogens with one attached hydrogen (secondary N) is 1. The van der Waals surface area contributed by atoms with E-state index in [2.05, 4.69) is 35.0 Å². The van der Waals surface area contributed by atoms with Gasteiger partial charge in [-0.3, -0.25) is 9.78 Å². The van der Waals surface area contributed by atoms with Crippen molar-refractivity contribution in [3.63, 3.8) is 0 Å². The fourth-order valence-corrected chi connectivity index (χ4v) is 2.81. The van der Waals surface area contributed by atoms with E-state index in [1.165, 1.54) is 16.8 Å². The van der Waals surface area contributed by atoms with E-state index in [4.69, 9.17) is 0 Å². The van der Waals surface area contributed by atoms with Gasteiger partial charge in [0.05, 0.1) is 5.69 Å². The summed E-state index contributed by atoms with van der Waals surface area (Å²) in [5.41, 5.74) is 1.29. The Bertz CT molecular complexity index is 1010. The van der Waals surface area contributed by atoms with Gasteiger partial charge in [-0.2, -0.15) is 5.10 Å². The van der Waals surface area contributed by atoms with Gasteiger partial charge in [-0.1, -0.05) is 26.0 Å². The largest absolute Gasteiger partial charge is 0.328 e. The zero-order valence-electron chi connectivity index (χ0n) is 15.3. The molecule has 136 valence electrons. The van der Waals surface area contributed by atoms with Crippen LogP contribution in [0.5, 0.6) is 0 Å². The minimum atomic E-state index is -0.415. The van der Waals surface area contributed by atoms with Crippen molar-refractivity contribution in [1.82, 2.24) is 24.3 Å². The topological polar surface area (TPSA) is 85.6 Å². The maximum atomic E-state index is 11.9. The molecule has 0 bridgehead atoms.